The maximum absolute atomic E-state index is 4.53. The molecule has 6 heteroatoms. The SMILES string of the molecule is CCC1CCSC(=NCc2nncn2C)N1. The molecule has 5 nitrogen and oxygen atoms in total. The zero-order chi connectivity index (χ0) is 11.4. The fraction of sp³-hybridized carbons (Fsp3) is 0.700. The topological polar surface area (TPSA) is 55.1 Å². The fourth-order valence-electron chi connectivity index (χ4n) is 1.58. The summed E-state index contributed by atoms with van der Waals surface area (Å²) in [4.78, 5) is 4.53. The number of nitrogens with zero attached hydrogens (tertiary/aromatic N) is 4. The Kier molecular flexibility index (Phi) is 3.82. The lowest BCUT2D eigenvalue weighted by Gasteiger charge is -2.24. The fourth-order valence-corrected chi connectivity index (χ4v) is 2.58. The van der Waals surface area contributed by atoms with Gasteiger partial charge in [-0.3, -0.25) is 4.99 Å². The molecule has 1 fully saturated rings. The summed E-state index contributed by atoms with van der Waals surface area (Å²) >= 11 is 1.79. The molecule has 2 heterocycles. The van der Waals surface area contributed by atoms with Crippen LogP contribution in [0.2, 0.25) is 0 Å². The minimum absolute atomic E-state index is 0.583. The van der Waals surface area contributed by atoms with Crippen molar-refractivity contribution in [1.82, 2.24) is 20.1 Å². The molecule has 1 N–H and O–H groups in total. The van der Waals surface area contributed by atoms with Gasteiger partial charge in [0.1, 0.15) is 12.9 Å². The lowest BCUT2D eigenvalue weighted by molar-refractivity contribution is 0.570. The Morgan fingerprint density at radius 2 is 2.56 bits per heavy atom. The average Bonchev–Trinajstić information content (AvgIpc) is 2.72. The van der Waals surface area contributed by atoms with E-state index in [9.17, 15) is 0 Å². The van der Waals surface area contributed by atoms with Gasteiger partial charge in [0.05, 0.1) is 0 Å². The van der Waals surface area contributed by atoms with Gasteiger partial charge < -0.3 is 9.88 Å². The molecule has 1 saturated heterocycles. The van der Waals surface area contributed by atoms with Crippen LogP contribution in [-0.2, 0) is 13.6 Å². The molecule has 0 amide bonds. The van der Waals surface area contributed by atoms with Gasteiger partial charge in [-0.2, -0.15) is 0 Å². The summed E-state index contributed by atoms with van der Waals surface area (Å²) in [6, 6.07) is 0.583. The van der Waals surface area contributed by atoms with Gasteiger partial charge in [0, 0.05) is 18.8 Å². The first-order chi connectivity index (χ1) is 7.79. The highest BCUT2D eigenvalue weighted by molar-refractivity contribution is 8.13. The number of thioether (sulfide) groups is 1. The van der Waals surface area contributed by atoms with Gasteiger partial charge in [-0.25, -0.2) is 0 Å². The van der Waals surface area contributed by atoms with Crippen LogP contribution in [0.25, 0.3) is 0 Å². The Morgan fingerprint density at radius 1 is 1.69 bits per heavy atom. The van der Waals surface area contributed by atoms with Crippen molar-refractivity contribution in [3.05, 3.63) is 12.2 Å². The molecule has 1 aromatic rings. The van der Waals surface area contributed by atoms with E-state index in [0.717, 1.165) is 23.2 Å². The molecule has 1 unspecified atom stereocenters. The van der Waals surface area contributed by atoms with E-state index in [2.05, 4.69) is 27.4 Å². The summed E-state index contributed by atoms with van der Waals surface area (Å²) in [6.07, 6.45) is 4.08. The van der Waals surface area contributed by atoms with Gasteiger partial charge in [-0.1, -0.05) is 18.7 Å². The van der Waals surface area contributed by atoms with Crippen LogP contribution in [0.15, 0.2) is 11.3 Å². The molecule has 0 radical (unpaired) electrons. The number of aromatic nitrogens is 3. The number of aliphatic imine (C=N–C) groups is 1. The van der Waals surface area contributed by atoms with E-state index in [1.165, 1.54) is 6.42 Å². The third kappa shape index (κ3) is 2.75. The molecule has 0 bridgehead atoms. The number of rotatable bonds is 3. The number of hydrogen-bond donors (Lipinski definition) is 1. The van der Waals surface area contributed by atoms with Gasteiger partial charge in [-0.15, -0.1) is 10.2 Å². The standard InChI is InChI=1S/C10H17N5S/c1-3-8-4-5-16-10(13-8)11-6-9-14-12-7-15(9)2/h7-8H,3-6H2,1-2H3,(H,11,13). The highest BCUT2D eigenvalue weighted by atomic mass is 32.2. The third-order valence-corrected chi connectivity index (χ3v) is 3.65. The number of aryl methyl sites for hydroxylation is 1. The second kappa shape index (κ2) is 5.34. The van der Waals surface area contributed by atoms with Crippen molar-refractivity contribution in [3.63, 3.8) is 0 Å². The van der Waals surface area contributed by atoms with Crippen LogP contribution in [-0.4, -0.2) is 31.7 Å². The molecule has 16 heavy (non-hydrogen) atoms. The number of hydrogen-bond acceptors (Lipinski definition) is 4. The predicted octanol–water partition coefficient (Wildman–Crippen LogP) is 1.18. The van der Waals surface area contributed by atoms with Crippen LogP contribution in [0, 0.1) is 0 Å². The molecule has 0 aromatic carbocycles. The second-order valence-electron chi connectivity index (χ2n) is 3.87. The summed E-state index contributed by atoms with van der Waals surface area (Å²) in [5.41, 5.74) is 0. The van der Waals surface area contributed by atoms with Gasteiger partial charge in [0.15, 0.2) is 11.0 Å². The molecule has 0 saturated carbocycles. The minimum atomic E-state index is 0.583. The normalized spacial score (nSPS) is 23.4. The zero-order valence-corrected chi connectivity index (χ0v) is 10.5. The van der Waals surface area contributed by atoms with E-state index < -0.39 is 0 Å². The molecule has 1 aliphatic rings. The van der Waals surface area contributed by atoms with Crippen molar-refractivity contribution in [2.24, 2.45) is 12.0 Å². The van der Waals surface area contributed by atoms with E-state index in [1.807, 2.05) is 11.6 Å². The Morgan fingerprint density at radius 3 is 3.25 bits per heavy atom. The van der Waals surface area contributed by atoms with Crippen LogP contribution in [0.3, 0.4) is 0 Å². The van der Waals surface area contributed by atoms with Crippen molar-refractivity contribution in [3.8, 4) is 0 Å². The monoisotopic (exact) mass is 239 g/mol. The lowest BCUT2D eigenvalue weighted by Crippen LogP contribution is -2.37. The van der Waals surface area contributed by atoms with Gasteiger partial charge >= 0.3 is 0 Å². The van der Waals surface area contributed by atoms with Crippen molar-refractivity contribution in [2.45, 2.75) is 32.4 Å². The van der Waals surface area contributed by atoms with E-state index in [0.29, 0.717) is 12.6 Å². The van der Waals surface area contributed by atoms with E-state index in [4.69, 9.17) is 0 Å². The predicted molar refractivity (Wildman–Crippen MR) is 66.4 cm³/mol. The Balaban J connectivity index is 1.94. The summed E-state index contributed by atoms with van der Waals surface area (Å²) in [7, 11) is 1.94. The second-order valence-corrected chi connectivity index (χ2v) is 4.95. The molecular weight excluding hydrogens is 222 g/mol. The first-order valence-corrected chi connectivity index (χ1v) is 6.54. The Hall–Kier alpha value is -1.04. The maximum Gasteiger partial charge on any atom is 0.157 e. The maximum atomic E-state index is 4.53. The van der Waals surface area contributed by atoms with Crippen LogP contribution in [0.5, 0.6) is 0 Å². The van der Waals surface area contributed by atoms with Crippen molar-refractivity contribution in [2.75, 3.05) is 5.75 Å². The molecule has 0 spiro atoms. The molecule has 88 valence electrons. The molecular formula is C10H17N5S. The molecule has 1 aromatic heterocycles. The molecule has 0 aliphatic carbocycles. The van der Waals surface area contributed by atoms with Gasteiger partial charge in [-0.05, 0) is 12.8 Å². The minimum Gasteiger partial charge on any atom is -0.362 e. The molecule has 1 atom stereocenters. The molecule has 2 rings (SSSR count). The summed E-state index contributed by atoms with van der Waals surface area (Å²) in [5.74, 6) is 2.05. The molecule has 1 aliphatic heterocycles. The van der Waals surface area contributed by atoms with Gasteiger partial charge in [0.25, 0.3) is 0 Å². The van der Waals surface area contributed by atoms with Gasteiger partial charge in [0.2, 0.25) is 0 Å². The van der Waals surface area contributed by atoms with E-state index >= 15 is 0 Å². The van der Waals surface area contributed by atoms with Crippen molar-refractivity contribution >= 4 is 16.9 Å². The number of nitrogens with one attached hydrogen (secondary N) is 1. The van der Waals surface area contributed by atoms with Crippen molar-refractivity contribution in [1.29, 1.82) is 0 Å². The lowest BCUT2D eigenvalue weighted by atomic mass is 10.2. The van der Waals surface area contributed by atoms with Crippen molar-refractivity contribution < 1.29 is 0 Å². The first kappa shape index (κ1) is 11.4. The highest BCUT2D eigenvalue weighted by Gasteiger charge is 2.15. The smallest absolute Gasteiger partial charge is 0.157 e. The van der Waals surface area contributed by atoms with Crippen LogP contribution < -0.4 is 5.32 Å². The average molecular weight is 239 g/mol. The highest BCUT2D eigenvalue weighted by Crippen LogP contribution is 2.16. The Labute approximate surface area is 99.7 Å². The van der Waals surface area contributed by atoms with E-state index in [1.54, 1.807) is 18.1 Å². The van der Waals surface area contributed by atoms with Crippen LogP contribution in [0.1, 0.15) is 25.6 Å². The number of amidine groups is 1. The summed E-state index contributed by atoms with van der Waals surface area (Å²) in [6.45, 7) is 2.80. The van der Waals surface area contributed by atoms with E-state index in [-0.39, 0.29) is 0 Å². The summed E-state index contributed by atoms with van der Waals surface area (Å²) < 4.78 is 1.90. The quantitative estimate of drug-likeness (QED) is 0.860. The summed E-state index contributed by atoms with van der Waals surface area (Å²) in [5, 5.41) is 12.3. The Bertz CT molecular complexity index is 373. The van der Waals surface area contributed by atoms with Crippen LogP contribution >= 0.6 is 11.8 Å². The first-order valence-electron chi connectivity index (χ1n) is 5.56. The zero-order valence-electron chi connectivity index (χ0n) is 9.68. The van der Waals surface area contributed by atoms with Crippen LogP contribution in [0.4, 0.5) is 0 Å². The third-order valence-electron chi connectivity index (χ3n) is 2.69. The largest absolute Gasteiger partial charge is 0.362 e.